The Balaban J connectivity index is 1.38. The molecule has 6 rings (SSSR count). The van der Waals surface area contributed by atoms with Gasteiger partial charge in [0.25, 0.3) is 0 Å². The number of carboxylic acid groups (broad SMARTS) is 1. The van der Waals surface area contributed by atoms with Crippen LogP contribution in [0.2, 0.25) is 10.0 Å². The molecule has 9 nitrogen and oxygen atoms in total. The van der Waals surface area contributed by atoms with Crippen molar-refractivity contribution in [2.75, 3.05) is 40.5 Å². The Bertz CT molecular complexity index is 2220. The Morgan fingerprint density at radius 2 is 1.66 bits per heavy atom. The van der Waals surface area contributed by atoms with Gasteiger partial charge in [-0.1, -0.05) is 41.4 Å². The fourth-order valence-electron chi connectivity index (χ4n) is 6.38. The van der Waals surface area contributed by atoms with Crippen molar-refractivity contribution in [1.29, 1.82) is 0 Å². The molecule has 1 heterocycles. The maximum absolute atomic E-state index is 15.3. The van der Waals surface area contributed by atoms with E-state index in [9.17, 15) is 31.9 Å². The second-order valence-corrected chi connectivity index (χ2v) is 15.4. The summed E-state index contributed by atoms with van der Waals surface area (Å²) in [6.07, 6.45) is 3.31. The topological polar surface area (TPSA) is 116 Å². The van der Waals surface area contributed by atoms with Crippen molar-refractivity contribution in [3.05, 3.63) is 116 Å². The number of nitrogens with zero attached hydrogens (tertiary/aromatic N) is 2. The molecule has 2 aliphatic rings. The summed E-state index contributed by atoms with van der Waals surface area (Å²) >= 11 is 12.2. The standard InChI is InChI=1S/C37H33Cl2F4N3O6S/c1-52-29-17-23(37(48)49)9-10-28(29)46(18-20-13-24(21-7-8-21)15-25(14-20)45-11-2-3-12-45)30(47)19-53(50,51)44-36-26(32(40)33(41)34(42)35(36)43)16-22-5-4-6-27(38)31(22)39/h4-6,9-10,13-15,17,21,44H,2-3,7-8,11-12,16,18-19H2,1H3,(H,48,49). The molecule has 1 amide bonds. The monoisotopic (exact) mass is 793 g/mol. The van der Waals surface area contributed by atoms with Gasteiger partial charge in [0.1, 0.15) is 11.5 Å². The number of carbonyl (C=O) groups is 2. The lowest BCUT2D eigenvalue weighted by molar-refractivity contribution is -0.116. The van der Waals surface area contributed by atoms with Gasteiger partial charge in [-0.15, -0.1) is 0 Å². The molecule has 0 unspecified atom stereocenters. The molecule has 2 fully saturated rings. The summed E-state index contributed by atoms with van der Waals surface area (Å²) in [5, 5.41) is 9.47. The van der Waals surface area contributed by atoms with Crippen molar-refractivity contribution in [2.45, 2.75) is 44.6 Å². The number of benzene rings is 4. The maximum Gasteiger partial charge on any atom is 0.335 e. The lowest BCUT2D eigenvalue weighted by Crippen LogP contribution is -2.37. The number of methoxy groups -OCH3 is 1. The van der Waals surface area contributed by atoms with Gasteiger partial charge < -0.3 is 19.6 Å². The third kappa shape index (κ3) is 8.34. The zero-order valence-corrected chi connectivity index (χ0v) is 30.5. The Morgan fingerprint density at radius 3 is 2.32 bits per heavy atom. The summed E-state index contributed by atoms with van der Waals surface area (Å²) < 4.78 is 94.0. The summed E-state index contributed by atoms with van der Waals surface area (Å²) in [4.78, 5) is 29.2. The van der Waals surface area contributed by atoms with Crippen LogP contribution in [0.1, 0.15) is 64.2 Å². The molecule has 1 saturated carbocycles. The van der Waals surface area contributed by atoms with Crippen molar-refractivity contribution in [3.63, 3.8) is 0 Å². The zero-order chi connectivity index (χ0) is 38.2. The van der Waals surface area contributed by atoms with Gasteiger partial charge in [-0.25, -0.2) is 30.8 Å². The highest BCUT2D eigenvalue weighted by atomic mass is 35.5. The number of carboxylic acids is 1. The van der Waals surface area contributed by atoms with Gasteiger partial charge in [-0.05, 0) is 84.7 Å². The molecule has 0 bridgehead atoms. The molecule has 4 aromatic rings. The predicted octanol–water partition coefficient (Wildman–Crippen LogP) is 8.30. The third-order valence-corrected chi connectivity index (χ3v) is 11.2. The van der Waals surface area contributed by atoms with E-state index in [1.54, 1.807) is 4.72 Å². The largest absolute Gasteiger partial charge is 0.495 e. The van der Waals surface area contributed by atoms with Crippen molar-refractivity contribution in [3.8, 4) is 5.75 Å². The molecule has 0 radical (unpaired) electrons. The molecule has 4 aromatic carbocycles. The van der Waals surface area contributed by atoms with E-state index in [4.69, 9.17) is 27.9 Å². The second kappa shape index (κ2) is 15.4. The Labute approximate surface area is 313 Å². The van der Waals surface area contributed by atoms with Crippen molar-refractivity contribution in [2.24, 2.45) is 0 Å². The Morgan fingerprint density at radius 1 is 0.962 bits per heavy atom. The third-order valence-electron chi connectivity index (χ3n) is 9.21. The van der Waals surface area contributed by atoms with Crippen molar-refractivity contribution >= 4 is 62.2 Å². The molecule has 2 N–H and O–H groups in total. The number of anilines is 3. The van der Waals surface area contributed by atoms with Crippen LogP contribution in [0.3, 0.4) is 0 Å². The van der Waals surface area contributed by atoms with Crippen LogP contribution in [-0.2, 0) is 27.8 Å². The van der Waals surface area contributed by atoms with Crippen LogP contribution in [0.5, 0.6) is 5.75 Å². The zero-order valence-electron chi connectivity index (χ0n) is 28.2. The van der Waals surface area contributed by atoms with Crippen LogP contribution in [0.15, 0.2) is 54.6 Å². The fraction of sp³-hybridized carbons (Fsp3) is 0.297. The highest BCUT2D eigenvalue weighted by molar-refractivity contribution is 7.93. The predicted molar refractivity (Wildman–Crippen MR) is 194 cm³/mol. The highest BCUT2D eigenvalue weighted by Gasteiger charge is 2.32. The second-order valence-electron chi connectivity index (χ2n) is 12.9. The average molecular weight is 795 g/mol. The first-order valence-corrected chi connectivity index (χ1v) is 19.0. The van der Waals surface area contributed by atoms with E-state index in [0.29, 0.717) is 11.5 Å². The minimum absolute atomic E-state index is 0.0162. The Kier molecular flexibility index (Phi) is 11.1. The van der Waals surface area contributed by atoms with E-state index in [2.05, 4.69) is 11.0 Å². The molecule has 53 heavy (non-hydrogen) atoms. The molecule has 1 aliphatic carbocycles. The molecular weight excluding hydrogens is 761 g/mol. The van der Waals surface area contributed by atoms with Crippen LogP contribution < -0.4 is 19.3 Å². The minimum atomic E-state index is -4.99. The van der Waals surface area contributed by atoms with Crippen LogP contribution in [0.25, 0.3) is 0 Å². The lowest BCUT2D eigenvalue weighted by atomic mass is 10.0. The summed E-state index contributed by atoms with van der Waals surface area (Å²) in [7, 11) is -3.75. The van der Waals surface area contributed by atoms with E-state index in [-0.39, 0.29) is 39.2 Å². The molecule has 1 saturated heterocycles. The first-order chi connectivity index (χ1) is 25.2. The van der Waals surface area contributed by atoms with Crippen molar-refractivity contribution < 1.29 is 45.4 Å². The van der Waals surface area contributed by atoms with Gasteiger partial charge in [0, 0.05) is 30.8 Å². The number of aromatic carboxylic acids is 1. The molecule has 280 valence electrons. The number of ether oxygens (including phenoxy) is 1. The number of carbonyl (C=O) groups excluding carboxylic acids is 1. The number of hydrogen-bond donors (Lipinski definition) is 2. The maximum atomic E-state index is 15.3. The van der Waals surface area contributed by atoms with Gasteiger partial charge in [0.2, 0.25) is 15.9 Å². The van der Waals surface area contributed by atoms with E-state index in [1.165, 1.54) is 43.5 Å². The molecule has 16 heteroatoms. The summed E-state index contributed by atoms with van der Waals surface area (Å²) in [6.45, 7) is 1.50. The van der Waals surface area contributed by atoms with Crippen LogP contribution in [0.4, 0.5) is 34.6 Å². The molecule has 0 atom stereocenters. The molecule has 0 aromatic heterocycles. The lowest BCUT2D eigenvalue weighted by Gasteiger charge is -2.27. The number of hydrogen-bond acceptors (Lipinski definition) is 6. The van der Waals surface area contributed by atoms with E-state index in [1.807, 2.05) is 12.1 Å². The van der Waals surface area contributed by atoms with Gasteiger partial charge in [0.05, 0.1) is 40.6 Å². The van der Waals surface area contributed by atoms with Gasteiger partial charge in [-0.2, -0.15) is 0 Å². The molecule has 1 aliphatic heterocycles. The van der Waals surface area contributed by atoms with Crippen LogP contribution >= 0.6 is 23.2 Å². The number of nitrogens with one attached hydrogen (secondary N) is 1. The van der Waals surface area contributed by atoms with Gasteiger partial charge >= 0.3 is 5.97 Å². The quantitative estimate of drug-likeness (QED) is 0.0795. The number of sulfonamides is 1. The van der Waals surface area contributed by atoms with Gasteiger partial charge in [0.15, 0.2) is 23.3 Å². The Hall–Kier alpha value is -4.53. The first kappa shape index (κ1) is 38.2. The highest BCUT2D eigenvalue weighted by Crippen LogP contribution is 2.43. The average Bonchev–Trinajstić information content (AvgIpc) is 3.84. The summed E-state index contributed by atoms with van der Waals surface area (Å²) in [6, 6.07) is 13.8. The summed E-state index contributed by atoms with van der Waals surface area (Å²) in [5.74, 6) is -11.8. The smallest absolute Gasteiger partial charge is 0.335 e. The van der Waals surface area contributed by atoms with Gasteiger partial charge in [-0.3, -0.25) is 9.52 Å². The van der Waals surface area contributed by atoms with Crippen LogP contribution in [-0.4, -0.2) is 51.4 Å². The molecular formula is C37H33Cl2F4N3O6S. The number of rotatable bonds is 13. The summed E-state index contributed by atoms with van der Waals surface area (Å²) in [5.41, 5.74) is 0.380. The molecule has 0 spiro atoms. The minimum Gasteiger partial charge on any atom is -0.495 e. The van der Waals surface area contributed by atoms with Crippen LogP contribution in [0, 0.1) is 23.3 Å². The van der Waals surface area contributed by atoms with E-state index < -0.39 is 68.6 Å². The fourth-order valence-corrected chi connectivity index (χ4v) is 7.85. The first-order valence-electron chi connectivity index (χ1n) is 16.6. The SMILES string of the molecule is COc1cc(C(=O)O)ccc1N(Cc1cc(C2CC2)cc(N2CCCC2)c1)C(=O)CS(=O)(=O)Nc1c(F)c(F)c(F)c(F)c1Cc1cccc(Cl)c1Cl. The normalized spacial score (nSPS) is 14.4. The number of amides is 1. The number of halogens is 6. The van der Waals surface area contributed by atoms with E-state index in [0.717, 1.165) is 54.9 Å². The van der Waals surface area contributed by atoms with Crippen molar-refractivity contribution in [1.82, 2.24) is 0 Å². The van der Waals surface area contributed by atoms with E-state index >= 15 is 8.78 Å².